The quantitative estimate of drug-likeness (QED) is 0.185. The minimum absolute atomic E-state index is 0.125. The normalized spacial score (nSPS) is 19.3. The predicted octanol–water partition coefficient (Wildman–Crippen LogP) is 3.24. The van der Waals surface area contributed by atoms with Crippen molar-refractivity contribution in [2.75, 3.05) is 51.5 Å². The van der Waals surface area contributed by atoms with Crippen LogP contribution in [0.1, 0.15) is 28.4 Å². The number of hydrogen-bond donors (Lipinski definition) is 1. The van der Waals surface area contributed by atoms with E-state index in [4.69, 9.17) is 14.3 Å². The van der Waals surface area contributed by atoms with Crippen LogP contribution in [0.25, 0.3) is 0 Å². The van der Waals surface area contributed by atoms with Gasteiger partial charge in [-0.2, -0.15) is 0 Å². The standard InChI is InChI=1S/C27H31N3O5/c1-20(28-35-16-6-13-29-14-17-34-18-15-29)19-24-25(21-7-4-3-5-8-21)30(26(24)31)23-11-9-22(10-12-23)27(32)33-2/h3-5,7-12,19,25,28H,1,6,13-18H2,2H3. The molecule has 0 saturated carbocycles. The number of rotatable bonds is 10. The Balaban J connectivity index is 1.39. The van der Waals surface area contributed by atoms with Gasteiger partial charge in [0.15, 0.2) is 0 Å². The van der Waals surface area contributed by atoms with Crippen LogP contribution in [-0.2, 0) is 19.1 Å². The van der Waals surface area contributed by atoms with Crippen LogP contribution in [0.3, 0.4) is 0 Å². The average Bonchev–Trinajstić information content (AvgIpc) is 2.90. The third-order valence-corrected chi connectivity index (χ3v) is 6.06. The molecule has 0 aromatic heterocycles. The van der Waals surface area contributed by atoms with Gasteiger partial charge in [-0.3, -0.25) is 24.9 Å². The summed E-state index contributed by atoms with van der Waals surface area (Å²) in [7, 11) is 1.34. The molecular formula is C27H31N3O5. The van der Waals surface area contributed by atoms with Gasteiger partial charge in [0.25, 0.3) is 5.91 Å². The first kappa shape index (κ1) is 24.7. The van der Waals surface area contributed by atoms with Crippen molar-refractivity contribution in [3.05, 3.63) is 89.6 Å². The smallest absolute Gasteiger partial charge is 0.337 e. The summed E-state index contributed by atoms with van der Waals surface area (Å²) in [5.74, 6) is -0.543. The van der Waals surface area contributed by atoms with Gasteiger partial charge in [0.2, 0.25) is 0 Å². The first-order valence-electron chi connectivity index (χ1n) is 11.7. The number of morpholine rings is 1. The molecule has 1 amide bonds. The molecule has 1 atom stereocenters. The van der Waals surface area contributed by atoms with Gasteiger partial charge in [-0.15, -0.1) is 0 Å². The fraction of sp³-hybridized carbons (Fsp3) is 0.333. The number of amides is 1. The number of methoxy groups -OCH3 is 1. The van der Waals surface area contributed by atoms with Crippen molar-refractivity contribution >= 4 is 17.6 Å². The summed E-state index contributed by atoms with van der Waals surface area (Å²) in [4.78, 5) is 34.5. The Morgan fingerprint density at radius 3 is 2.54 bits per heavy atom. The molecule has 0 radical (unpaired) electrons. The number of benzene rings is 2. The van der Waals surface area contributed by atoms with E-state index >= 15 is 0 Å². The minimum atomic E-state index is -0.418. The Kier molecular flexibility index (Phi) is 8.31. The van der Waals surface area contributed by atoms with Gasteiger partial charge in [0, 0.05) is 30.9 Å². The van der Waals surface area contributed by atoms with Gasteiger partial charge in [0.05, 0.1) is 44.2 Å². The van der Waals surface area contributed by atoms with Gasteiger partial charge >= 0.3 is 5.97 Å². The first-order valence-corrected chi connectivity index (χ1v) is 11.7. The lowest BCUT2D eigenvalue weighted by Gasteiger charge is -2.43. The highest BCUT2D eigenvalue weighted by Gasteiger charge is 2.43. The van der Waals surface area contributed by atoms with E-state index in [2.05, 4.69) is 17.0 Å². The van der Waals surface area contributed by atoms with Crippen molar-refractivity contribution in [1.29, 1.82) is 0 Å². The lowest BCUT2D eigenvalue weighted by Crippen LogP contribution is -2.49. The number of esters is 1. The summed E-state index contributed by atoms with van der Waals surface area (Å²) < 4.78 is 10.1. The molecule has 2 aromatic carbocycles. The van der Waals surface area contributed by atoms with E-state index in [1.807, 2.05) is 30.3 Å². The van der Waals surface area contributed by atoms with Gasteiger partial charge in [-0.05, 0) is 42.3 Å². The van der Waals surface area contributed by atoms with E-state index in [9.17, 15) is 9.59 Å². The molecule has 2 saturated heterocycles. The van der Waals surface area contributed by atoms with Crippen molar-refractivity contribution in [3.8, 4) is 0 Å². The molecule has 184 valence electrons. The summed E-state index contributed by atoms with van der Waals surface area (Å²) in [5, 5.41) is 0. The van der Waals surface area contributed by atoms with E-state index in [-0.39, 0.29) is 11.9 Å². The highest BCUT2D eigenvalue weighted by Crippen LogP contribution is 2.43. The van der Waals surface area contributed by atoms with Crippen molar-refractivity contribution < 1.29 is 23.9 Å². The van der Waals surface area contributed by atoms with Crippen LogP contribution in [0, 0.1) is 0 Å². The second-order valence-corrected chi connectivity index (χ2v) is 8.41. The predicted molar refractivity (Wildman–Crippen MR) is 133 cm³/mol. The van der Waals surface area contributed by atoms with Gasteiger partial charge in [-0.1, -0.05) is 36.9 Å². The van der Waals surface area contributed by atoms with E-state index in [0.717, 1.165) is 44.8 Å². The van der Waals surface area contributed by atoms with Crippen molar-refractivity contribution in [3.63, 3.8) is 0 Å². The second-order valence-electron chi connectivity index (χ2n) is 8.41. The third kappa shape index (κ3) is 5.97. The van der Waals surface area contributed by atoms with Crippen LogP contribution in [0.15, 0.2) is 78.5 Å². The second kappa shape index (κ2) is 11.8. The monoisotopic (exact) mass is 477 g/mol. The largest absolute Gasteiger partial charge is 0.465 e. The molecule has 35 heavy (non-hydrogen) atoms. The molecule has 4 rings (SSSR count). The number of nitrogens with one attached hydrogen (secondary N) is 1. The summed E-state index contributed by atoms with van der Waals surface area (Å²) >= 11 is 0. The Hall–Kier alpha value is -3.46. The molecule has 2 heterocycles. The highest BCUT2D eigenvalue weighted by atomic mass is 16.6. The molecule has 0 aliphatic carbocycles. The van der Waals surface area contributed by atoms with Crippen LogP contribution in [0.4, 0.5) is 5.69 Å². The van der Waals surface area contributed by atoms with E-state index < -0.39 is 5.97 Å². The van der Waals surface area contributed by atoms with Gasteiger partial charge in [-0.25, -0.2) is 4.79 Å². The highest BCUT2D eigenvalue weighted by molar-refractivity contribution is 6.15. The molecule has 2 aliphatic rings. The lowest BCUT2D eigenvalue weighted by molar-refractivity contribution is -0.119. The first-order chi connectivity index (χ1) is 17.1. The molecular weight excluding hydrogens is 446 g/mol. The van der Waals surface area contributed by atoms with E-state index in [1.54, 1.807) is 35.2 Å². The average molecular weight is 478 g/mol. The zero-order chi connectivity index (χ0) is 24.6. The Morgan fingerprint density at radius 1 is 1.14 bits per heavy atom. The van der Waals surface area contributed by atoms with Crippen molar-refractivity contribution in [1.82, 2.24) is 10.4 Å². The summed E-state index contributed by atoms with van der Waals surface area (Å²) in [6.07, 6.45) is 2.62. The Bertz CT molecular complexity index is 1060. The lowest BCUT2D eigenvalue weighted by atomic mass is 9.86. The van der Waals surface area contributed by atoms with Crippen LogP contribution < -0.4 is 10.4 Å². The number of carbonyl (C=O) groups is 2. The number of carbonyl (C=O) groups excluding carboxylic acids is 2. The Labute approximate surface area is 205 Å². The SMILES string of the molecule is C=C(C=C1C(=O)N(c2ccc(C(=O)OC)cc2)C1c1ccccc1)NOCCCN1CCOCC1. The summed E-state index contributed by atoms with van der Waals surface area (Å²) in [5.41, 5.74) is 6.10. The number of hydroxylamine groups is 1. The number of ether oxygens (including phenoxy) is 2. The fourth-order valence-corrected chi connectivity index (χ4v) is 4.24. The molecule has 0 bridgehead atoms. The van der Waals surface area contributed by atoms with Crippen LogP contribution >= 0.6 is 0 Å². The van der Waals surface area contributed by atoms with Gasteiger partial charge < -0.3 is 9.47 Å². The maximum atomic E-state index is 13.1. The molecule has 1 unspecified atom stereocenters. The van der Waals surface area contributed by atoms with E-state index in [0.29, 0.717) is 29.1 Å². The van der Waals surface area contributed by atoms with E-state index in [1.165, 1.54) is 7.11 Å². The topological polar surface area (TPSA) is 80.3 Å². The molecule has 0 spiro atoms. The molecule has 8 nitrogen and oxygen atoms in total. The van der Waals surface area contributed by atoms with Crippen molar-refractivity contribution in [2.45, 2.75) is 12.5 Å². The minimum Gasteiger partial charge on any atom is -0.465 e. The summed E-state index contributed by atoms with van der Waals surface area (Å²) in [6.45, 7) is 8.97. The fourth-order valence-electron chi connectivity index (χ4n) is 4.24. The maximum absolute atomic E-state index is 13.1. The van der Waals surface area contributed by atoms with Crippen LogP contribution in [0.5, 0.6) is 0 Å². The third-order valence-electron chi connectivity index (χ3n) is 6.06. The number of hydrogen-bond acceptors (Lipinski definition) is 7. The molecule has 8 heteroatoms. The molecule has 1 N–H and O–H groups in total. The summed E-state index contributed by atoms with van der Waals surface area (Å²) in [6, 6.07) is 16.3. The zero-order valence-corrected chi connectivity index (χ0v) is 19.9. The number of anilines is 1. The Morgan fingerprint density at radius 2 is 1.86 bits per heavy atom. The van der Waals surface area contributed by atoms with Crippen LogP contribution in [0.2, 0.25) is 0 Å². The zero-order valence-electron chi connectivity index (χ0n) is 19.9. The molecule has 2 aromatic rings. The molecule has 2 aliphatic heterocycles. The molecule has 2 fully saturated rings. The van der Waals surface area contributed by atoms with Crippen molar-refractivity contribution in [2.24, 2.45) is 0 Å². The number of nitrogens with zero attached hydrogens (tertiary/aromatic N) is 2. The van der Waals surface area contributed by atoms with Crippen LogP contribution in [-0.4, -0.2) is 63.3 Å². The maximum Gasteiger partial charge on any atom is 0.337 e. The number of β-lactam (4-membered cyclic amide) rings is 1. The van der Waals surface area contributed by atoms with Gasteiger partial charge in [0.1, 0.15) is 0 Å². The number of allylic oxidation sites excluding steroid dienone is 1.